The number of rotatable bonds is 5. The quantitative estimate of drug-likeness (QED) is 0.529. The highest BCUT2D eigenvalue weighted by Gasteiger charge is 2.20. The van der Waals surface area contributed by atoms with Gasteiger partial charge in [0.1, 0.15) is 0 Å². The Balaban J connectivity index is 2.12. The molecule has 0 heterocycles. The molecule has 0 atom stereocenters. The molecule has 0 fully saturated rings. The Morgan fingerprint density at radius 3 is 1.83 bits per heavy atom. The van der Waals surface area contributed by atoms with Crippen LogP contribution in [-0.2, 0) is 16.0 Å². The van der Waals surface area contributed by atoms with E-state index in [1.807, 2.05) is 30.3 Å². The van der Waals surface area contributed by atoms with Crippen molar-refractivity contribution in [3.8, 4) is 0 Å². The summed E-state index contributed by atoms with van der Waals surface area (Å²) >= 11 is 0. The van der Waals surface area contributed by atoms with Crippen LogP contribution in [0.3, 0.4) is 0 Å². The lowest BCUT2D eigenvalue weighted by Crippen LogP contribution is -2.24. The van der Waals surface area contributed by atoms with Gasteiger partial charge in [0.2, 0.25) is 0 Å². The molecule has 0 radical (unpaired) electrons. The van der Waals surface area contributed by atoms with Gasteiger partial charge in [-0.1, -0.05) is 84.9 Å². The molecule has 0 N–H and O–H groups in total. The van der Waals surface area contributed by atoms with Gasteiger partial charge in [0, 0.05) is 0 Å². The second-order valence-corrected chi connectivity index (χ2v) is 7.57. The highest BCUT2D eigenvalue weighted by Crippen LogP contribution is 2.34. The van der Waals surface area contributed by atoms with Crippen molar-refractivity contribution in [1.82, 2.24) is 0 Å². The van der Waals surface area contributed by atoms with Gasteiger partial charge in [0.05, 0.1) is 13.5 Å². The molecule has 0 aliphatic rings. The van der Waals surface area contributed by atoms with Crippen LogP contribution in [0.2, 0.25) is 0 Å². The van der Waals surface area contributed by atoms with E-state index in [1.54, 1.807) is 0 Å². The Labute approximate surface area is 143 Å². The Hall–Kier alpha value is -2.44. The third-order valence-corrected chi connectivity index (χ3v) is 6.37. The molecule has 0 aliphatic carbocycles. The van der Waals surface area contributed by atoms with Crippen molar-refractivity contribution < 1.29 is 9.53 Å². The smallest absolute Gasteiger partial charge is 0.310 e. The Bertz CT molecular complexity index is 761. The lowest BCUT2D eigenvalue weighted by atomic mass is 10.1. The summed E-state index contributed by atoms with van der Waals surface area (Å²) in [6.07, 6.45) is 0.297. The van der Waals surface area contributed by atoms with E-state index in [2.05, 4.69) is 54.6 Å². The van der Waals surface area contributed by atoms with Crippen molar-refractivity contribution in [3.05, 3.63) is 90.5 Å². The first kappa shape index (κ1) is 16.4. The zero-order valence-electron chi connectivity index (χ0n) is 13.6. The first-order valence-electron chi connectivity index (χ1n) is 7.84. The predicted octanol–water partition coefficient (Wildman–Crippen LogP) is 3.16. The van der Waals surface area contributed by atoms with Gasteiger partial charge in [-0.25, -0.2) is 0 Å². The van der Waals surface area contributed by atoms with E-state index < -0.39 is 7.92 Å². The predicted molar refractivity (Wildman–Crippen MR) is 101 cm³/mol. The second-order valence-electron chi connectivity index (χ2n) is 5.39. The zero-order chi connectivity index (χ0) is 16.8. The Morgan fingerprint density at radius 2 is 1.29 bits per heavy atom. The maximum atomic E-state index is 11.8. The third-order valence-electron chi connectivity index (χ3n) is 3.82. The Morgan fingerprint density at radius 1 is 0.792 bits per heavy atom. The first-order valence-corrected chi connectivity index (χ1v) is 9.18. The van der Waals surface area contributed by atoms with Gasteiger partial charge in [-0.15, -0.1) is 0 Å². The van der Waals surface area contributed by atoms with Gasteiger partial charge < -0.3 is 4.74 Å². The van der Waals surface area contributed by atoms with Crippen LogP contribution in [0, 0.1) is 0 Å². The molecule has 3 rings (SSSR count). The molecule has 0 bridgehead atoms. The molecule has 0 saturated carbocycles. The first-order chi connectivity index (χ1) is 11.8. The molecule has 3 heteroatoms. The highest BCUT2D eigenvalue weighted by atomic mass is 31.1. The molecule has 120 valence electrons. The van der Waals surface area contributed by atoms with Crippen LogP contribution in [0.25, 0.3) is 0 Å². The second kappa shape index (κ2) is 7.90. The summed E-state index contributed by atoms with van der Waals surface area (Å²) in [5, 5.41) is 3.75. The molecule has 24 heavy (non-hydrogen) atoms. The lowest BCUT2D eigenvalue weighted by molar-refractivity contribution is -0.139. The van der Waals surface area contributed by atoms with Crippen LogP contribution in [0.1, 0.15) is 5.56 Å². The van der Waals surface area contributed by atoms with Crippen molar-refractivity contribution in [2.24, 2.45) is 0 Å². The van der Waals surface area contributed by atoms with Crippen LogP contribution in [0.15, 0.2) is 84.9 Å². The molecule has 0 aliphatic heterocycles. The van der Waals surface area contributed by atoms with Crippen molar-refractivity contribution in [1.29, 1.82) is 0 Å². The van der Waals surface area contributed by atoms with Crippen LogP contribution in [0.4, 0.5) is 0 Å². The van der Waals surface area contributed by atoms with Crippen molar-refractivity contribution in [2.45, 2.75) is 6.42 Å². The lowest BCUT2D eigenvalue weighted by Gasteiger charge is -2.22. The van der Waals surface area contributed by atoms with Gasteiger partial charge in [-0.2, -0.15) is 0 Å². The summed E-state index contributed by atoms with van der Waals surface area (Å²) in [5.41, 5.74) is 1.03. The van der Waals surface area contributed by atoms with E-state index >= 15 is 0 Å². The molecule has 0 amide bonds. The number of hydrogen-bond donors (Lipinski definition) is 0. The van der Waals surface area contributed by atoms with E-state index in [0.717, 1.165) is 5.56 Å². The number of methoxy groups -OCH3 is 1. The topological polar surface area (TPSA) is 26.3 Å². The largest absolute Gasteiger partial charge is 0.469 e. The van der Waals surface area contributed by atoms with Crippen LogP contribution < -0.4 is 15.9 Å². The minimum atomic E-state index is -0.710. The standard InChI is InChI=1S/C21H19O2P/c1-23-21(22)16-17-10-8-9-15-20(17)24(18-11-4-2-5-12-18)19-13-6-3-7-14-19/h2-15H,16H2,1H3. The molecular weight excluding hydrogens is 315 g/mol. The Kier molecular flexibility index (Phi) is 5.40. The van der Waals surface area contributed by atoms with E-state index in [1.165, 1.54) is 23.0 Å². The number of ether oxygens (including phenoxy) is 1. The number of benzene rings is 3. The summed E-state index contributed by atoms with van der Waals surface area (Å²) in [6, 6.07) is 29.1. The van der Waals surface area contributed by atoms with Gasteiger partial charge in [-0.05, 0) is 29.4 Å². The fraction of sp³-hybridized carbons (Fsp3) is 0.0952. The normalized spacial score (nSPS) is 10.6. The van der Waals surface area contributed by atoms with E-state index in [4.69, 9.17) is 4.74 Å². The maximum Gasteiger partial charge on any atom is 0.310 e. The molecule has 0 aromatic heterocycles. The minimum Gasteiger partial charge on any atom is -0.469 e. The molecule has 0 saturated heterocycles. The van der Waals surface area contributed by atoms with E-state index in [-0.39, 0.29) is 5.97 Å². The van der Waals surface area contributed by atoms with Crippen molar-refractivity contribution in [2.75, 3.05) is 7.11 Å². The summed E-state index contributed by atoms with van der Waals surface area (Å²) < 4.78 is 4.87. The minimum absolute atomic E-state index is 0.210. The fourth-order valence-electron chi connectivity index (χ4n) is 2.69. The van der Waals surface area contributed by atoms with Crippen LogP contribution in [-0.4, -0.2) is 13.1 Å². The van der Waals surface area contributed by atoms with Gasteiger partial charge in [-0.3, -0.25) is 4.79 Å². The summed E-state index contributed by atoms with van der Waals surface area (Å²) in [5.74, 6) is -0.210. The molecule has 0 unspecified atom stereocenters. The number of esters is 1. The van der Waals surface area contributed by atoms with Crippen LogP contribution >= 0.6 is 7.92 Å². The summed E-state index contributed by atoms with van der Waals surface area (Å²) in [6.45, 7) is 0. The van der Waals surface area contributed by atoms with Gasteiger partial charge >= 0.3 is 5.97 Å². The highest BCUT2D eigenvalue weighted by molar-refractivity contribution is 7.79. The number of carbonyl (C=O) groups is 1. The molecule has 3 aromatic rings. The summed E-state index contributed by atoms with van der Waals surface area (Å²) in [7, 11) is 0.723. The van der Waals surface area contributed by atoms with E-state index in [9.17, 15) is 4.79 Å². The van der Waals surface area contributed by atoms with Crippen LogP contribution in [0.5, 0.6) is 0 Å². The molecule has 2 nitrogen and oxygen atoms in total. The summed E-state index contributed by atoms with van der Waals surface area (Å²) in [4.78, 5) is 11.8. The maximum absolute atomic E-state index is 11.8. The SMILES string of the molecule is COC(=O)Cc1ccccc1P(c1ccccc1)c1ccccc1. The fourth-order valence-corrected chi connectivity index (χ4v) is 5.16. The van der Waals surface area contributed by atoms with Crippen molar-refractivity contribution in [3.63, 3.8) is 0 Å². The molecule has 0 spiro atoms. The number of hydrogen-bond acceptors (Lipinski definition) is 2. The van der Waals surface area contributed by atoms with Crippen molar-refractivity contribution >= 4 is 29.8 Å². The third kappa shape index (κ3) is 3.72. The van der Waals surface area contributed by atoms with Gasteiger partial charge in [0.25, 0.3) is 0 Å². The van der Waals surface area contributed by atoms with Gasteiger partial charge in [0.15, 0.2) is 0 Å². The average molecular weight is 334 g/mol. The van der Waals surface area contributed by atoms with E-state index in [0.29, 0.717) is 6.42 Å². The average Bonchev–Trinajstić information content (AvgIpc) is 2.65. The number of carbonyl (C=O) groups excluding carboxylic acids is 1. The molecule has 3 aromatic carbocycles. The molecular formula is C21H19O2P. The zero-order valence-corrected chi connectivity index (χ0v) is 14.4. The monoisotopic (exact) mass is 334 g/mol.